The van der Waals surface area contributed by atoms with Crippen LogP contribution in [0.15, 0.2) is 54.7 Å². The van der Waals surface area contributed by atoms with Crippen molar-refractivity contribution in [1.82, 2.24) is 4.98 Å². The van der Waals surface area contributed by atoms with E-state index < -0.39 is 0 Å². The standard InChI is InChI=1S/C16H13NO/c1-11(18)12-5-7-13(8-6-12)14-3-2-4-16-15(14)9-10-17-16/h2-10,17H,1H3. The van der Waals surface area contributed by atoms with Crippen LogP contribution in [-0.4, -0.2) is 10.8 Å². The Kier molecular flexibility index (Phi) is 2.49. The average Bonchev–Trinajstić information content (AvgIpc) is 2.87. The molecule has 0 bridgehead atoms. The summed E-state index contributed by atoms with van der Waals surface area (Å²) < 4.78 is 0. The van der Waals surface area contributed by atoms with Gasteiger partial charge in [-0.25, -0.2) is 0 Å². The number of rotatable bonds is 2. The lowest BCUT2D eigenvalue weighted by Gasteiger charge is -2.04. The second-order valence-electron chi connectivity index (χ2n) is 4.38. The highest BCUT2D eigenvalue weighted by atomic mass is 16.1. The lowest BCUT2D eigenvalue weighted by molar-refractivity contribution is 0.101. The highest BCUT2D eigenvalue weighted by Gasteiger charge is 2.05. The molecule has 2 nitrogen and oxygen atoms in total. The van der Waals surface area contributed by atoms with Crippen molar-refractivity contribution in [1.29, 1.82) is 0 Å². The van der Waals surface area contributed by atoms with E-state index in [-0.39, 0.29) is 5.78 Å². The number of aromatic amines is 1. The Hall–Kier alpha value is -2.35. The van der Waals surface area contributed by atoms with Crippen LogP contribution in [0.25, 0.3) is 22.0 Å². The minimum atomic E-state index is 0.0985. The van der Waals surface area contributed by atoms with Crippen molar-refractivity contribution in [2.75, 3.05) is 0 Å². The zero-order valence-corrected chi connectivity index (χ0v) is 10.1. The number of aromatic nitrogens is 1. The van der Waals surface area contributed by atoms with Gasteiger partial charge in [0, 0.05) is 22.7 Å². The lowest BCUT2D eigenvalue weighted by atomic mass is 10.00. The SMILES string of the molecule is CC(=O)c1ccc(-c2cccc3[nH]ccc23)cc1. The molecule has 0 atom stereocenters. The molecule has 2 aromatic carbocycles. The smallest absolute Gasteiger partial charge is 0.159 e. The first-order valence-corrected chi connectivity index (χ1v) is 5.93. The number of ketones is 1. The third-order valence-corrected chi connectivity index (χ3v) is 3.20. The largest absolute Gasteiger partial charge is 0.361 e. The number of hydrogen-bond acceptors (Lipinski definition) is 1. The van der Waals surface area contributed by atoms with E-state index in [1.165, 1.54) is 10.9 Å². The zero-order valence-electron chi connectivity index (χ0n) is 10.1. The van der Waals surface area contributed by atoms with Crippen LogP contribution in [0.3, 0.4) is 0 Å². The van der Waals surface area contributed by atoms with Gasteiger partial charge in [0.1, 0.15) is 0 Å². The first-order chi connectivity index (χ1) is 8.75. The zero-order chi connectivity index (χ0) is 12.5. The fraction of sp³-hybridized carbons (Fsp3) is 0.0625. The number of fused-ring (bicyclic) bond motifs is 1. The molecule has 0 radical (unpaired) electrons. The van der Waals surface area contributed by atoms with Gasteiger partial charge in [0.25, 0.3) is 0 Å². The monoisotopic (exact) mass is 235 g/mol. The Balaban J connectivity index is 2.14. The van der Waals surface area contributed by atoms with Gasteiger partial charge in [0.2, 0.25) is 0 Å². The van der Waals surface area contributed by atoms with E-state index in [0.717, 1.165) is 16.6 Å². The van der Waals surface area contributed by atoms with Crippen molar-refractivity contribution in [2.24, 2.45) is 0 Å². The van der Waals surface area contributed by atoms with Crippen LogP contribution in [0.1, 0.15) is 17.3 Å². The van der Waals surface area contributed by atoms with Gasteiger partial charge in [-0.2, -0.15) is 0 Å². The lowest BCUT2D eigenvalue weighted by Crippen LogP contribution is -1.90. The molecule has 0 aliphatic rings. The van der Waals surface area contributed by atoms with Crippen molar-refractivity contribution in [2.45, 2.75) is 6.92 Å². The molecule has 0 saturated heterocycles. The van der Waals surface area contributed by atoms with Crippen LogP contribution in [0.4, 0.5) is 0 Å². The molecule has 1 aromatic heterocycles. The van der Waals surface area contributed by atoms with Gasteiger partial charge in [-0.05, 0) is 30.2 Å². The highest BCUT2D eigenvalue weighted by Crippen LogP contribution is 2.28. The summed E-state index contributed by atoms with van der Waals surface area (Å²) in [5.74, 6) is 0.0985. The molecule has 2 heteroatoms. The first-order valence-electron chi connectivity index (χ1n) is 5.93. The quantitative estimate of drug-likeness (QED) is 0.668. The molecule has 0 aliphatic heterocycles. The molecule has 0 spiro atoms. The molecular formula is C16H13NO. The molecule has 3 rings (SSSR count). The van der Waals surface area contributed by atoms with Crippen molar-refractivity contribution in [3.8, 4) is 11.1 Å². The molecule has 0 saturated carbocycles. The molecule has 1 heterocycles. The van der Waals surface area contributed by atoms with E-state index in [0.29, 0.717) is 0 Å². The number of benzene rings is 2. The number of nitrogens with one attached hydrogen (secondary N) is 1. The van der Waals surface area contributed by atoms with Gasteiger partial charge in [-0.1, -0.05) is 36.4 Å². The Morgan fingerprint density at radius 1 is 1.00 bits per heavy atom. The number of carbonyl (C=O) groups is 1. The van der Waals surface area contributed by atoms with Crippen molar-refractivity contribution in [3.05, 3.63) is 60.3 Å². The maximum absolute atomic E-state index is 11.3. The Morgan fingerprint density at radius 2 is 1.78 bits per heavy atom. The maximum atomic E-state index is 11.3. The molecule has 0 unspecified atom stereocenters. The molecule has 18 heavy (non-hydrogen) atoms. The Morgan fingerprint density at radius 3 is 2.50 bits per heavy atom. The van der Waals surface area contributed by atoms with Crippen molar-refractivity contribution in [3.63, 3.8) is 0 Å². The fourth-order valence-corrected chi connectivity index (χ4v) is 2.22. The number of carbonyl (C=O) groups excluding carboxylic acids is 1. The maximum Gasteiger partial charge on any atom is 0.159 e. The summed E-state index contributed by atoms with van der Waals surface area (Å²) in [5.41, 5.74) is 4.19. The Bertz CT molecular complexity index is 707. The van der Waals surface area contributed by atoms with Gasteiger partial charge >= 0.3 is 0 Å². The minimum Gasteiger partial charge on any atom is -0.361 e. The number of H-pyrrole nitrogens is 1. The van der Waals surface area contributed by atoms with Crippen LogP contribution in [-0.2, 0) is 0 Å². The summed E-state index contributed by atoms with van der Waals surface area (Å²) in [5, 5.41) is 1.20. The molecule has 0 aliphatic carbocycles. The van der Waals surface area contributed by atoms with Gasteiger partial charge in [0.15, 0.2) is 5.78 Å². The third kappa shape index (κ3) is 1.72. The number of hydrogen-bond donors (Lipinski definition) is 1. The second-order valence-corrected chi connectivity index (χ2v) is 4.38. The fourth-order valence-electron chi connectivity index (χ4n) is 2.22. The van der Waals surface area contributed by atoms with Gasteiger partial charge in [0.05, 0.1) is 0 Å². The van der Waals surface area contributed by atoms with E-state index in [1.54, 1.807) is 6.92 Å². The van der Waals surface area contributed by atoms with Crippen LogP contribution < -0.4 is 0 Å². The van der Waals surface area contributed by atoms with E-state index in [9.17, 15) is 4.79 Å². The summed E-state index contributed by atoms with van der Waals surface area (Å²) in [6.07, 6.45) is 1.94. The molecular weight excluding hydrogens is 222 g/mol. The van der Waals surface area contributed by atoms with Crippen LogP contribution in [0.5, 0.6) is 0 Å². The van der Waals surface area contributed by atoms with Gasteiger partial charge < -0.3 is 4.98 Å². The van der Waals surface area contributed by atoms with Gasteiger partial charge in [-0.15, -0.1) is 0 Å². The molecule has 1 N–H and O–H groups in total. The summed E-state index contributed by atoms with van der Waals surface area (Å²) in [6.45, 7) is 1.59. The molecule has 3 aromatic rings. The molecule has 88 valence electrons. The topological polar surface area (TPSA) is 32.9 Å². The van der Waals surface area contributed by atoms with Crippen molar-refractivity contribution >= 4 is 16.7 Å². The predicted molar refractivity (Wildman–Crippen MR) is 73.7 cm³/mol. The van der Waals surface area contributed by atoms with Crippen LogP contribution >= 0.6 is 0 Å². The van der Waals surface area contributed by atoms with Crippen molar-refractivity contribution < 1.29 is 4.79 Å². The van der Waals surface area contributed by atoms with Crippen LogP contribution in [0.2, 0.25) is 0 Å². The molecule has 0 amide bonds. The summed E-state index contributed by atoms with van der Waals surface area (Å²) >= 11 is 0. The average molecular weight is 235 g/mol. The summed E-state index contributed by atoms with van der Waals surface area (Å²) in [4.78, 5) is 14.5. The first kappa shape index (κ1) is 10.8. The summed E-state index contributed by atoms with van der Waals surface area (Å²) in [6, 6.07) is 16.0. The van der Waals surface area contributed by atoms with Crippen LogP contribution in [0, 0.1) is 0 Å². The highest BCUT2D eigenvalue weighted by molar-refractivity contribution is 5.97. The second kappa shape index (κ2) is 4.15. The Labute approximate surface area is 105 Å². The molecule has 0 fully saturated rings. The predicted octanol–water partition coefficient (Wildman–Crippen LogP) is 4.04. The number of Topliss-reactive ketones (excluding diaryl/α,β-unsaturated/α-hetero) is 1. The van der Waals surface area contributed by atoms with E-state index >= 15 is 0 Å². The van der Waals surface area contributed by atoms with E-state index in [2.05, 4.69) is 23.2 Å². The van der Waals surface area contributed by atoms with Gasteiger partial charge in [-0.3, -0.25) is 4.79 Å². The third-order valence-electron chi connectivity index (χ3n) is 3.20. The normalized spacial score (nSPS) is 10.7. The summed E-state index contributed by atoms with van der Waals surface area (Å²) in [7, 11) is 0. The van der Waals surface area contributed by atoms with E-state index in [4.69, 9.17) is 0 Å². The van der Waals surface area contributed by atoms with E-state index in [1.807, 2.05) is 36.5 Å². The minimum absolute atomic E-state index is 0.0985.